The molecule has 2 rings (SSSR count). The maximum atomic E-state index is 10.9. The van der Waals surface area contributed by atoms with Crippen LogP contribution in [0.4, 0.5) is 0 Å². The third kappa shape index (κ3) is 2.03. The standard InChI is InChI=1S/C10H8Cl2O3/c11-6-1-2-8(7(12)5-6)15-10(3-4-10)9(13)14/h1-2,5H,3-4H2,(H,13,14). The molecule has 0 spiro atoms. The van der Waals surface area contributed by atoms with Crippen LogP contribution in [0.1, 0.15) is 12.8 Å². The summed E-state index contributed by atoms with van der Waals surface area (Å²) in [4.78, 5) is 10.9. The highest BCUT2D eigenvalue weighted by molar-refractivity contribution is 6.35. The second-order valence-electron chi connectivity index (χ2n) is 3.48. The Morgan fingerprint density at radius 3 is 2.53 bits per heavy atom. The molecule has 0 heterocycles. The van der Waals surface area contributed by atoms with E-state index in [0.29, 0.717) is 28.6 Å². The Kier molecular flexibility index (Phi) is 2.52. The minimum absolute atomic E-state index is 0.329. The van der Waals surface area contributed by atoms with Crippen molar-refractivity contribution < 1.29 is 14.6 Å². The number of rotatable bonds is 3. The van der Waals surface area contributed by atoms with Gasteiger partial charge in [0.05, 0.1) is 5.02 Å². The summed E-state index contributed by atoms with van der Waals surface area (Å²) < 4.78 is 5.37. The van der Waals surface area contributed by atoms with Crippen LogP contribution in [0.2, 0.25) is 10.0 Å². The zero-order valence-electron chi connectivity index (χ0n) is 7.67. The maximum Gasteiger partial charge on any atom is 0.348 e. The molecular formula is C10H8Cl2O3. The number of carboxylic acids is 1. The summed E-state index contributed by atoms with van der Waals surface area (Å²) >= 11 is 11.6. The molecule has 1 aliphatic rings. The molecule has 1 saturated carbocycles. The van der Waals surface area contributed by atoms with Crippen molar-refractivity contribution in [3.63, 3.8) is 0 Å². The van der Waals surface area contributed by atoms with Crippen LogP contribution in [0, 0.1) is 0 Å². The largest absolute Gasteiger partial charge is 0.478 e. The van der Waals surface area contributed by atoms with E-state index in [9.17, 15) is 4.79 Å². The van der Waals surface area contributed by atoms with Crippen LogP contribution in [-0.4, -0.2) is 16.7 Å². The van der Waals surface area contributed by atoms with Gasteiger partial charge >= 0.3 is 5.97 Å². The Labute approximate surface area is 96.6 Å². The van der Waals surface area contributed by atoms with Crippen molar-refractivity contribution in [2.45, 2.75) is 18.4 Å². The van der Waals surface area contributed by atoms with Crippen molar-refractivity contribution in [3.8, 4) is 5.75 Å². The van der Waals surface area contributed by atoms with Crippen molar-refractivity contribution in [1.29, 1.82) is 0 Å². The van der Waals surface area contributed by atoms with Gasteiger partial charge in [0.15, 0.2) is 0 Å². The van der Waals surface area contributed by atoms with Crippen LogP contribution in [-0.2, 0) is 4.79 Å². The van der Waals surface area contributed by atoms with Gasteiger partial charge in [0.2, 0.25) is 5.60 Å². The average molecular weight is 247 g/mol. The van der Waals surface area contributed by atoms with Gasteiger partial charge in [-0.1, -0.05) is 23.2 Å². The predicted molar refractivity (Wildman–Crippen MR) is 56.7 cm³/mol. The fourth-order valence-corrected chi connectivity index (χ4v) is 1.69. The molecule has 0 radical (unpaired) electrons. The molecule has 0 amide bonds. The van der Waals surface area contributed by atoms with E-state index < -0.39 is 11.6 Å². The fourth-order valence-electron chi connectivity index (χ4n) is 1.24. The molecule has 0 unspecified atom stereocenters. The van der Waals surface area contributed by atoms with Gasteiger partial charge in [0.25, 0.3) is 0 Å². The Hall–Kier alpha value is -0.930. The Bertz CT molecular complexity index is 413. The second-order valence-corrected chi connectivity index (χ2v) is 4.32. The van der Waals surface area contributed by atoms with Gasteiger partial charge < -0.3 is 9.84 Å². The monoisotopic (exact) mass is 246 g/mol. The molecule has 5 heteroatoms. The molecule has 3 nitrogen and oxygen atoms in total. The van der Waals surface area contributed by atoms with E-state index in [1.807, 2.05) is 0 Å². The van der Waals surface area contributed by atoms with Gasteiger partial charge in [-0.3, -0.25) is 0 Å². The third-order valence-corrected chi connectivity index (χ3v) is 2.82. The molecule has 15 heavy (non-hydrogen) atoms. The number of hydrogen-bond donors (Lipinski definition) is 1. The number of ether oxygens (including phenoxy) is 1. The predicted octanol–water partition coefficient (Wildman–Crippen LogP) is 2.99. The molecule has 1 aromatic rings. The summed E-state index contributed by atoms with van der Waals surface area (Å²) in [6.07, 6.45) is 1.03. The molecule has 1 aromatic carbocycles. The molecular weight excluding hydrogens is 239 g/mol. The van der Waals surface area contributed by atoms with Crippen molar-refractivity contribution >= 4 is 29.2 Å². The first-order valence-corrected chi connectivity index (χ1v) is 5.17. The van der Waals surface area contributed by atoms with E-state index in [1.165, 1.54) is 6.07 Å². The summed E-state index contributed by atoms with van der Waals surface area (Å²) in [7, 11) is 0. The fraction of sp³-hybridized carbons (Fsp3) is 0.300. The molecule has 0 aromatic heterocycles. The van der Waals surface area contributed by atoms with Gasteiger partial charge in [0.1, 0.15) is 5.75 Å². The smallest absolute Gasteiger partial charge is 0.348 e. The average Bonchev–Trinajstić information content (AvgIpc) is 2.91. The van der Waals surface area contributed by atoms with Gasteiger partial charge in [-0.2, -0.15) is 0 Å². The Balaban J connectivity index is 2.21. The van der Waals surface area contributed by atoms with Crippen LogP contribution in [0.3, 0.4) is 0 Å². The van der Waals surface area contributed by atoms with Crippen molar-refractivity contribution in [2.24, 2.45) is 0 Å². The topological polar surface area (TPSA) is 46.5 Å². The second kappa shape index (κ2) is 3.58. The molecule has 0 aliphatic heterocycles. The molecule has 1 aliphatic carbocycles. The van der Waals surface area contributed by atoms with Gasteiger partial charge in [0, 0.05) is 17.9 Å². The van der Waals surface area contributed by atoms with E-state index in [2.05, 4.69) is 0 Å². The van der Waals surface area contributed by atoms with Gasteiger partial charge in [-0.15, -0.1) is 0 Å². The lowest BCUT2D eigenvalue weighted by Gasteiger charge is -2.14. The third-order valence-electron chi connectivity index (χ3n) is 2.29. The van der Waals surface area contributed by atoms with Crippen molar-refractivity contribution in [1.82, 2.24) is 0 Å². The van der Waals surface area contributed by atoms with Crippen LogP contribution >= 0.6 is 23.2 Å². The molecule has 0 saturated heterocycles. The SMILES string of the molecule is O=C(O)C1(Oc2ccc(Cl)cc2Cl)CC1. The molecule has 1 N–H and O–H groups in total. The van der Waals surface area contributed by atoms with Gasteiger partial charge in [-0.05, 0) is 18.2 Å². The number of carbonyl (C=O) groups is 1. The lowest BCUT2D eigenvalue weighted by molar-refractivity contribution is -0.147. The lowest BCUT2D eigenvalue weighted by atomic mass is 10.3. The quantitative estimate of drug-likeness (QED) is 0.892. The normalized spacial score (nSPS) is 17.2. The Morgan fingerprint density at radius 2 is 2.07 bits per heavy atom. The number of aliphatic carboxylic acids is 1. The highest BCUT2D eigenvalue weighted by atomic mass is 35.5. The molecule has 0 atom stereocenters. The van der Waals surface area contributed by atoms with Crippen molar-refractivity contribution in [3.05, 3.63) is 28.2 Å². The van der Waals surface area contributed by atoms with Crippen LogP contribution in [0.5, 0.6) is 5.75 Å². The van der Waals surface area contributed by atoms with Crippen LogP contribution < -0.4 is 4.74 Å². The zero-order chi connectivity index (χ0) is 11.1. The first-order chi connectivity index (χ1) is 7.03. The highest BCUT2D eigenvalue weighted by Gasteiger charge is 2.53. The zero-order valence-corrected chi connectivity index (χ0v) is 9.18. The van der Waals surface area contributed by atoms with E-state index >= 15 is 0 Å². The lowest BCUT2D eigenvalue weighted by Crippen LogP contribution is -2.29. The maximum absolute atomic E-state index is 10.9. The molecule has 1 fully saturated rings. The summed E-state index contributed by atoms with van der Waals surface area (Å²) in [6, 6.07) is 4.71. The summed E-state index contributed by atoms with van der Waals surface area (Å²) in [6.45, 7) is 0. The number of halogens is 2. The minimum atomic E-state index is -1.07. The van der Waals surface area contributed by atoms with Crippen molar-refractivity contribution in [2.75, 3.05) is 0 Å². The van der Waals surface area contributed by atoms with E-state index in [1.54, 1.807) is 12.1 Å². The van der Waals surface area contributed by atoms with E-state index in [-0.39, 0.29) is 0 Å². The van der Waals surface area contributed by atoms with Crippen LogP contribution in [0.15, 0.2) is 18.2 Å². The van der Waals surface area contributed by atoms with E-state index in [0.717, 1.165) is 0 Å². The number of hydrogen-bond acceptors (Lipinski definition) is 2. The number of carboxylic acid groups (broad SMARTS) is 1. The van der Waals surface area contributed by atoms with E-state index in [4.69, 9.17) is 33.0 Å². The summed E-state index contributed by atoms with van der Waals surface area (Å²) in [5, 5.41) is 9.74. The number of benzene rings is 1. The minimum Gasteiger partial charge on any atom is -0.478 e. The highest BCUT2D eigenvalue weighted by Crippen LogP contribution is 2.42. The van der Waals surface area contributed by atoms with Gasteiger partial charge in [-0.25, -0.2) is 4.79 Å². The molecule has 0 bridgehead atoms. The summed E-state index contributed by atoms with van der Waals surface area (Å²) in [5.74, 6) is -0.588. The first-order valence-electron chi connectivity index (χ1n) is 4.41. The van der Waals surface area contributed by atoms with Crippen LogP contribution in [0.25, 0.3) is 0 Å². The molecule has 80 valence electrons. The summed E-state index contributed by atoms with van der Waals surface area (Å²) in [5.41, 5.74) is -1.07. The Morgan fingerprint density at radius 1 is 1.40 bits per heavy atom. The first kappa shape index (κ1) is 10.6.